The number of carbonyl (C=O) groups excluding carboxylic acids is 3. The van der Waals surface area contributed by atoms with Crippen molar-refractivity contribution in [3.8, 4) is 5.75 Å². The summed E-state index contributed by atoms with van der Waals surface area (Å²) in [5.74, 6) is -1.72. The summed E-state index contributed by atoms with van der Waals surface area (Å²) in [4.78, 5) is 38.6. The molecule has 0 aromatic heterocycles. The molecule has 0 aliphatic carbocycles. The Morgan fingerprint density at radius 3 is 2.10 bits per heavy atom. The van der Waals surface area contributed by atoms with Crippen molar-refractivity contribution in [3.63, 3.8) is 0 Å². The van der Waals surface area contributed by atoms with Crippen molar-refractivity contribution in [2.75, 3.05) is 7.11 Å². The van der Waals surface area contributed by atoms with E-state index in [4.69, 9.17) is 9.47 Å². The molecule has 0 heterocycles. The van der Waals surface area contributed by atoms with Crippen molar-refractivity contribution in [1.82, 2.24) is 5.32 Å². The first-order valence-electron chi connectivity index (χ1n) is 9.34. The summed E-state index contributed by atoms with van der Waals surface area (Å²) >= 11 is 0. The maximum absolute atomic E-state index is 13.1. The zero-order chi connectivity index (χ0) is 21.3. The number of esters is 1. The minimum absolute atomic E-state index is 0.0173. The predicted molar refractivity (Wildman–Crippen MR) is 111 cm³/mol. The summed E-state index contributed by atoms with van der Waals surface area (Å²) in [5, 5.41) is 2.50. The number of amides is 1. The van der Waals surface area contributed by atoms with Crippen LogP contribution in [0.1, 0.15) is 26.3 Å². The fraction of sp³-hybridized carbons (Fsp3) is 0.125. The Morgan fingerprint density at radius 2 is 1.43 bits per heavy atom. The number of Topliss-reactive ketones (excluding diaryl/α,β-unsaturated/α-hetero) is 1. The molecule has 3 aromatic carbocycles. The van der Waals surface area contributed by atoms with Crippen LogP contribution in [-0.4, -0.2) is 30.8 Å². The quantitative estimate of drug-likeness (QED) is 0.354. The summed E-state index contributed by atoms with van der Waals surface area (Å²) < 4.78 is 10.6. The van der Waals surface area contributed by atoms with Gasteiger partial charge in [-0.3, -0.25) is 9.59 Å². The molecule has 3 rings (SSSR count). The second-order valence-corrected chi connectivity index (χ2v) is 6.43. The van der Waals surface area contributed by atoms with Gasteiger partial charge in [-0.15, -0.1) is 0 Å². The topological polar surface area (TPSA) is 81.7 Å². The number of carbonyl (C=O) groups is 3. The maximum atomic E-state index is 13.1. The number of hydrogen-bond donors (Lipinski definition) is 1. The Balaban J connectivity index is 1.84. The molecule has 0 saturated carbocycles. The van der Waals surface area contributed by atoms with Gasteiger partial charge in [-0.1, -0.05) is 60.7 Å². The molecule has 6 nitrogen and oxygen atoms in total. The van der Waals surface area contributed by atoms with Crippen molar-refractivity contribution in [2.24, 2.45) is 0 Å². The second kappa shape index (κ2) is 10.0. The Bertz CT molecular complexity index is 1020. The number of methoxy groups -OCH3 is 1. The number of para-hydroxylation sites is 1. The van der Waals surface area contributed by atoms with Crippen LogP contribution in [0.25, 0.3) is 0 Å². The highest BCUT2D eigenvalue weighted by molar-refractivity contribution is 6.15. The molecular weight excluding hydrogens is 382 g/mol. The second-order valence-electron chi connectivity index (χ2n) is 6.43. The Labute approximate surface area is 174 Å². The summed E-state index contributed by atoms with van der Waals surface area (Å²) in [7, 11) is 1.43. The predicted octanol–water partition coefficient (Wildman–Crippen LogP) is 3.42. The number of rotatable bonds is 8. The highest BCUT2D eigenvalue weighted by Gasteiger charge is 2.32. The van der Waals surface area contributed by atoms with Crippen LogP contribution < -0.4 is 10.1 Å². The third-order valence-electron chi connectivity index (χ3n) is 4.41. The van der Waals surface area contributed by atoms with E-state index in [1.165, 1.54) is 13.2 Å². The van der Waals surface area contributed by atoms with Crippen LogP contribution in [0.15, 0.2) is 84.9 Å². The minimum atomic E-state index is -1.52. The molecule has 1 N–H and O–H groups in total. The van der Waals surface area contributed by atoms with Crippen LogP contribution in [0.3, 0.4) is 0 Å². The highest BCUT2D eigenvalue weighted by atomic mass is 16.5. The van der Waals surface area contributed by atoms with Gasteiger partial charge in [0.05, 0.1) is 12.7 Å². The van der Waals surface area contributed by atoms with E-state index < -0.39 is 23.7 Å². The fourth-order valence-electron chi connectivity index (χ4n) is 2.85. The van der Waals surface area contributed by atoms with Crippen LogP contribution in [0.5, 0.6) is 5.75 Å². The number of nitrogens with one attached hydrogen (secondary N) is 1. The van der Waals surface area contributed by atoms with Crippen molar-refractivity contribution >= 4 is 17.7 Å². The zero-order valence-electron chi connectivity index (χ0n) is 16.4. The lowest BCUT2D eigenvalue weighted by atomic mass is 10.0. The van der Waals surface area contributed by atoms with Gasteiger partial charge in [-0.2, -0.15) is 0 Å². The van der Waals surface area contributed by atoms with E-state index in [1.54, 1.807) is 60.7 Å². The van der Waals surface area contributed by atoms with E-state index >= 15 is 0 Å². The van der Waals surface area contributed by atoms with Crippen molar-refractivity contribution in [3.05, 3.63) is 102 Å². The zero-order valence-corrected chi connectivity index (χ0v) is 16.4. The molecule has 0 bridgehead atoms. The maximum Gasteiger partial charge on any atom is 0.337 e. The molecule has 1 amide bonds. The van der Waals surface area contributed by atoms with E-state index in [9.17, 15) is 14.4 Å². The Hall–Kier alpha value is -3.93. The van der Waals surface area contributed by atoms with Crippen molar-refractivity contribution in [2.45, 2.75) is 12.6 Å². The third kappa shape index (κ3) is 5.11. The monoisotopic (exact) mass is 403 g/mol. The standard InChI is InChI=1S/C24H21NO5/c1-29-20-15-9-8-14-19(20)22(26)21(25-23(27)18-12-6-3-7-13-18)24(28)30-16-17-10-4-2-5-11-17/h2-15,21H,16H2,1H3,(H,25,27). The molecule has 1 unspecified atom stereocenters. The lowest BCUT2D eigenvalue weighted by Gasteiger charge is -2.18. The van der Waals surface area contributed by atoms with Gasteiger partial charge in [0.25, 0.3) is 5.91 Å². The molecule has 1 atom stereocenters. The summed E-state index contributed by atoms with van der Waals surface area (Å²) in [6.07, 6.45) is 0. The smallest absolute Gasteiger partial charge is 0.337 e. The van der Waals surface area contributed by atoms with Gasteiger partial charge in [0.15, 0.2) is 11.8 Å². The molecule has 0 aliphatic heterocycles. The third-order valence-corrected chi connectivity index (χ3v) is 4.41. The van der Waals surface area contributed by atoms with E-state index in [0.29, 0.717) is 11.3 Å². The Kier molecular flexibility index (Phi) is 6.95. The highest BCUT2D eigenvalue weighted by Crippen LogP contribution is 2.20. The summed E-state index contributed by atoms with van der Waals surface area (Å²) in [6.45, 7) is -0.0173. The van der Waals surface area contributed by atoms with Gasteiger partial charge >= 0.3 is 5.97 Å². The molecule has 0 radical (unpaired) electrons. The van der Waals surface area contributed by atoms with E-state index in [2.05, 4.69) is 5.32 Å². The van der Waals surface area contributed by atoms with Crippen LogP contribution in [0.2, 0.25) is 0 Å². The van der Waals surface area contributed by atoms with E-state index in [1.807, 2.05) is 18.2 Å². The van der Waals surface area contributed by atoms with Gasteiger partial charge in [-0.25, -0.2) is 4.79 Å². The first kappa shape index (κ1) is 20.8. The molecule has 0 spiro atoms. The first-order valence-corrected chi connectivity index (χ1v) is 9.34. The normalized spacial score (nSPS) is 11.2. The van der Waals surface area contributed by atoms with E-state index in [0.717, 1.165) is 5.56 Å². The van der Waals surface area contributed by atoms with Crippen LogP contribution >= 0.6 is 0 Å². The van der Waals surface area contributed by atoms with Crippen LogP contribution in [-0.2, 0) is 16.1 Å². The fourth-order valence-corrected chi connectivity index (χ4v) is 2.85. The molecule has 0 aliphatic rings. The molecule has 152 valence electrons. The average Bonchev–Trinajstić information content (AvgIpc) is 2.81. The molecular formula is C24H21NO5. The number of ether oxygens (including phenoxy) is 2. The average molecular weight is 403 g/mol. The van der Waals surface area contributed by atoms with Crippen LogP contribution in [0, 0.1) is 0 Å². The van der Waals surface area contributed by atoms with Gasteiger partial charge in [0.2, 0.25) is 0 Å². The number of hydrogen-bond acceptors (Lipinski definition) is 5. The first-order chi connectivity index (χ1) is 14.6. The summed E-state index contributed by atoms with van der Waals surface area (Å²) in [5.41, 5.74) is 1.27. The van der Waals surface area contributed by atoms with Gasteiger partial charge < -0.3 is 14.8 Å². The van der Waals surface area contributed by atoms with E-state index in [-0.39, 0.29) is 12.2 Å². The molecule has 6 heteroatoms. The van der Waals surface area contributed by atoms with Gasteiger partial charge in [0, 0.05) is 5.56 Å². The Morgan fingerprint density at radius 1 is 0.833 bits per heavy atom. The van der Waals surface area contributed by atoms with Gasteiger partial charge in [-0.05, 0) is 29.8 Å². The SMILES string of the molecule is COc1ccccc1C(=O)C(NC(=O)c1ccccc1)C(=O)OCc1ccccc1. The number of ketones is 1. The van der Waals surface area contributed by atoms with Crippen LogP contribution in [0.4, 0.5) is 0 Å². The van der Waals surface area contributed by atoms with Crippen molar-refractivity contribution < 1.29 is 23.9 Å². The van der Waals surface area contributed by atoms with Crippen molar-refractivity contribution in [1.29, 1.82) is 0 Å². The van der Waals surface area contributed by atoms with Gasteiger partial charge in [0.1, 0.15) is 12.4 Å². The molecule has 0 saturated heterocycles. The molecule has 30 heavy (non-hydrogen) atoms. The lowest BCUT2D eigenvalue weighted by molar-refractivity contribution is -0.145. The largest absolute Gasteiger partial charge is 0.496 e. The number of benzene rings is 3. The summed E-state index contributed by atoms with van der Waals surface area (Å²) in [6, 6.07) is 22.4. The molecule has 0 fully saturated rings. The lowest BCUT2D eigenvalue weighted by Crippen LogP contribution is -2.47. The molecule has 3 aromatic rings. The minimum Gasteiger partial charge on any atom is -0.496 e.